The fourth-order valence-corrected chi connectivity index (χ4v) is 3.47. The van der Waals surface area contributed by atoms with Crippen molar-refractivity contribution >= 4 is 33.7 Å². The number of nitrogens with one attached hydrogen (secondary N) is 2. The average molecular weight is 453 g/mol. The normalized spacial score (nSPS) is 11.1. The summed E-state index contributed by atoms with van der Waals surface area (Å²) >= 11 is 3.60. The second kappa shape index (κ2) is 9.09. The van der Waals surface area contributed by atoms with Crippen LogP contribution in [0.5, 0.6) is 0 Å². The molecule has 3 aromatic rings. The van der Waals surface area contributed by atoms with E-state index >= 15 is 0 Å². The van der Waals surface area contributed by atoms with Crippen molar-refractivity contribution in [2.75, 3.05) is 11.9 Å². The van der Waals surface area contributed by atoms with Gasteiger partial charge in [-0.2, -0.15) is 5.10 Å². The van der Waals surface area contributed by atoms with Gasteiger partial charge in [-0.3, -0.25) is 4.79 Å². The highest BCUT2D eigenvalue weighted by Crippen LogP contribution is 2.24. The Kier molecular flexibility index (Phi) is 6.54. The van der Waals surface area contributed by atoms with E-state index in [2.05, 4.69) is 74.5 Å². The van der Waals surface area contributed by atoms with E-state index in [4.69, 9.17) is 0 Å². The van der Waals surface area contributed by atoms with Crippen LogP contribution in [0.4, 0.5) is 5.69 Å². The molecule has 2 aromatic carbocycles. The Hall–Kier alpha value is -2.86. The van der Waals surface area contributed by atoms with Gasteiger partial charge in [-0.1, -0.05) is 39.7 Å². The molecule has 0 bridgehead atoms. The lowest BCUT2D eigenvalue weighted by Crippen LogP contribution is -2.25. The van der Waals surface area contributed by atoms with Crippen molar-refractivity contribution in [1.29, 1.82) is 0 Å². The number of hydrogen-bond acceptors (Lipinski definition) is 3. The highest BCUT2D eigenvalue weighted by atomic mass is 79.9. The zero-order chi connectivity index (χ0) is 21.0. The van der Waals surface area contributed by atoms with E-state index in [1.165, 1.54) is 11.1 Å². The summed E-state index contributed by atoms with van der Waals surface area (Å²) in [6.45, 7) is 8.36. The lowest BCUT2D eigenvalue weighted by molar-refractivity contribution is -0.119. The van der Waals surface area contributed by atoms with E-state index < -0.39 is 0 Å². The van der Waals surface area contributed by atoms with Crippen molar-refractivity contribution < 1.29 is 4.79 Å². The van der Waals surface area contributed by atoms with Crippen LogP contribution in [-0.4, -0.2) is 23.2 Å². The second-order valence-electron chi connectivity index (χ2n) is 7.11. The summed E-state index contributed by atoms with van der Waals surface area (Å²) < 4.78 is 3.25. The molecule has 1 amide bonds. The Morgan fingerprint density at radius 3 is 2.48 bits per heavy atom. The summed E-state index contributed by atoms with van der Waals surface area (Å²) in [7, 11) is 0. The summed E-state index contributed by atoms with van der Waals surface area (Å²) in [5.41, 5.74) is 10.1. The van der Waals surface area contributed by atoms with Crippen molar-refractivity contribution in [3.05, 3.63) is 81.1 Å². The minimum absolute atomic E-state index is 0.164. The topological polar surface area (TPSA) is 58.4 Å². The number of aromatic nitrogens is 1. The molecule has 0 atom stereocenters. The number of halogens is 1. The van der Waals surface area contributed by atoms with Crippen molar-refractivity contribution in [1.82, 2.24) is 9.99 Å². The molecule has 6 heteroatoms. The molecule has 0 aliphatic rings. The number of carbonyl (C=O) groups excluding carboxylic acids is 1. The number of benzene rings is 2. The maximum absolute atomic E-state index is 12.0. The molecule has 0 radical (unpaired) electrons. The van der Waals surface area contributed by atoms with Crippen LogP contribution in [0.3, 0.4) is 0 Å². The molecule has 0 fully saturated rings. The molecule has 0 aliphatic carbocycles. The van der Waals surface area contributed by atoms with E-state index in [9.17, 15) is 4.79 Å². The predicted octanol–water partition coefficient (Wildman–Crippen LogP) is 5.04. The molecule has 150 valence electrons. The zero-order valence-corrected chi connectivity index (χ0v) is 18.7. The summed E-state index contributed by atoms with van der Waals surface area (Å²) in [4.78, 5) is 12.0. The van der Waals surface area contributed by atoms with Gasteiger partial charge in [0.05, 0.1) is 12.8 Å². The minimum Gasteiger partial charge on any atom is -0.376 e. The van der Waals surface area contributed by atoms with Gasteiger partial charge in [0.25, 0.3) is 5.91 Å². The number of anilines is 1. The molecular formula is C23H25BrN4O. The first kappa shape index (κ1) is 20.9. The molecular weight excluding hydrogens is 428 g/mol. The highest BCUT2D eigenvalue weighted by Gasteiger charge is 2.10. The third kappa shape index (κ3) is 5.15. The number of hydrazone groups is 1. The number of nitrogens with zero attached hydrogens (tertiary/aromatic N) is 2. The van der Waals surface area contributed by atoms with Crippen molar-refractivity contribution in [2.45, 2.75) is 27.7 Å². The van der Waals surface area contributed by atoms with E-state index in [-0.39, 0.29) is 12.5 Å². The van der Waals surface area contributed by atoms with E-state index in [0.29, 0.717) is 0 Å². The van der Waals surface area contributed by atoms with Gasteiger partial charge >= 0.3 is 0 Å². The Morgan fingerprint density at radius 2 is 1.79 bits per heavy atom. The van der Waals surface area contributed by atoms with Crippen LogP contribution in [0.1, 0.15) is 28.1 Å². The Morgan fingerprint density at radius 1 is 1.07 bits per heavy atom. The van der Waals surface area contributed by atoms with Gasteiger partial charge < -0.3 is 9.88 Å². The maximum Gasteiger partial charge on any atom is 0.259 e. The average Bonchev–Trinajstić information content (AvgIpc) is 2.97. The van der Waals surface area contributed by atoms with Crippen molar-refractivity contribution in [3.8, 4) is 5.69 Å². The molecule has 0 aliphatic heterocycles. The number of hydrogen-bond donors (Lipinski definition) is 2. The zero-order valence-electron chi connectivity index (χ0n) is 17.1. The predicted molar refractivity (Wildman–Crippen MR) is 123 cm³/mol. The molecule has 5 nitrogen and oxygen atoms in total. The summed E-state index contributed by atoms with van der Waals surface area (Å²) in [6, 6.07) is 16.3. The molecule has 1 heterocycles. The second-order valence-corrected chi connectivity index (χ2v) is 7.96. The van der Waals surface area contributed by atoms with Crippen LogP contribution in [0.25, 0.3) is 5.69 Å². The van der Waals surface area contributed by atoms with Gasteiger partial charge in [0.15, 0.2) is 0 Å². The summed E-state index contributed by atoms with van der Waals surface area (Å²) in [5, 5.41) is 7.20. The molecule has 0 unspecified atom stereocenters. The van der Waals surface area contributed by atoms with Crippen LogP contribution in [0, 0.1) is 27.7 Å². The van der Waals surface area contributed by atoms with Gasteiger partial charge in [0, 0.05) is 32.8 Å². The molecule has 2 N–H and O–H groups in total. The van der Waals surface area contributed by atoms with Crippen molar-refractivity contribution in [3.63, 3.8) is 0 Å². The summed E-state index contributed by atoms with van der Waals surface area (Å²) in [5.74, 6) is -0.196. The Labute approximate surface area is 180 Å². The lowest BCUT2D eigenvalue weighted by Gasteiger charge is -2.11. The van der Waals surface area contributed by atoms with Crippen LogP contribution < -0.4 is 10.7 Å². The van der Waals surface area contributed by atoms with Crippen LogP contribution in [0.2, 0.25) is 0 Å². The maximum atomic E-state index is 12.0. The standard InChI is InChI=1S/C23H25BrN4O/c1-15-5-8-20(9-6-15)25-14-23(29)27-26-13-19-11-17(3)28(18(19)4)21-10-7-16(2)22(24)12-21/h5-13,25H,14H2,1-4H3,(H,27,29)/b26-13-. The highest BCUT2D eigenvalue weighted by molar-refractivity contribution is 9.10. The fourth-order valence-electron chi connectivity index (χ4n) is 3.10. The first-order chi connectivity index (χ1) is 13.8. The SMILES string of the molecule is Cc1ccc(NCC(=O)N/N=C\c2cc(C)n(-c3ccc(C)c(Br)c3)c2C)cc1. The lowest BCUT2D eigenvalue weighted by atomic mass is 10.2. The molecule has 29 heavy (non-hydrogen) atoms. The monoisotopic (exact) mass is 452 g/mol. The number of aryl methyl sites for hydroxylation is 3. The fraction of sp³-hybridized carbons (Fsp3) is 0.217. The smallest absolute Gasteiger partial charge is 0.259 e. The largest absolute Gasteiger partial charge is 0.376 e. The molecule has 0 saturated heterocycles. The van der Waals surface area contributed by atoms with Crippen LogP contribution >= 0.6 is 15.9 Å². The third-order valence-electron chi connectivity index (χ3n) is 4.78. The first-order valence-electron chi connectivity index (χ1n) is 9.43. The third-order valence-corrected chi connectivity index (χ3v) is 5.64. The molecule has 0 spiro atoms. The van der Waals surface area contributed by atoms with E-state index in [1.807, 2.05) is 38.1 Å². The quantitative estimate of drug-likeness (QED) is 0.406. The van der Waals surface area contributed by atoms with Crippen LogP contribution in [-0.2, 0) is 4.79 Å². The Bertz CT molecular complexity index is 1050. The van der Waals surface area contributed by atoms with Gasteiger partial charge in [-0.15, -0.1) is 0 Å². The van der Waals surface area contributed by atoms with Crippen LogP contribution in [0.15, 0.2) is 58.1 Å². The molecule has 1 aromatic heterocycles. The van der Waals surface area contributed by atoms with Gasteiger partial charge in [-0.25, -0.2) is 5.43 Å². The van der Waals surface area contributed by atoms with Gasteiger partial charge in [-0.05, 0) is 63.6 Å². The number of carbonyl (C=O) groups is 1. The van der Waals surface area contributed by atoms with Gasteiger partial charge in [0.1, 0.15) is 0 Å². The molecule has 3 rings (SSSR count). The van der Waals surface area contributed by atoms with Crippen molar-refractivity contribution in [2.24, 2.45) is 5.10 Å². The number of rotatable bonds is 6. The van der Waals surface area contributed by atoms with E-state index in [0.717, 1.165) is 32.8 Å². The van der Waals surface area contributed by atoms with E-state index in [1.54, 1.807) is 6.21 Å². The number of amides is 1. The first-order valence-corrected chi connectivity index (χ1v) is 10.2. The Balaban J connectivity index is 1.64. The summed E-state index contributed by atoms with van der Waals surface area (Å²) in [6.07, 6.45) is 1.69. The minimum atomic E-state index is -0.196. The molecule has 0 saturated carbocycles. The van der Waals surface area contributed by atoms with Gasteiger partial charge in [0.2, 0.25) is 0 Å².